The highest BCUT2D eigenvalue weighted by molar-refractivity contribution is 6.31. The van der Waals surface area contributed by atoms with Crippen molar-refractivity contribution in [3.8, 4) is 0 Å². The predicted octanol–water partition coefficient (Wildman–Crippen LogP) is 3.74. The van der Waals surface area contributed by atoms with Crippen LogP contribution >= 0.6 is 11.6 Å². The van der Waals surface area contributed by atoms with E-state index >= 15 is 0 Å². The number of carbonyl (C=O) groups excluding carboxylic acids is 1. The Bertz CT molecular complexity index is 569. The number of carbonyl (C=O) groups is 1. The van der Waals surface area contributed by atoms with Crippen LogP contribution in [-0.2, 0) is 11.3 Å². The number of hydrogen-bond acceptors (Lipinski definition) is 2. The number of benzene rings is 2. The summed E-state index contributed by atoms with van der Waals surface area (Å²) in [5, 5.41) is 5.54. The second-order valence-electron chi connectivity index (χ2n) is 3.86. The first-order chi connectivity index (χ1) is 8.70. The molecule has 0 aliphatic carbocycles. The molecule has 0 aliphatic rings. The zero-order valence-electron chi connectivity index (χ0n) is 10.1. The summed E-state index contributed by atoms with van der Waals surface area (Å²) >= 11 is 5.99. The standard InChI is InChI=1S/C14H14ClNO2/c1-2-18-14(17)16-9-11-5-3-4-10-6-7-12(15)8-13(10)11/h3-8H,2,9H2,1H3,(H,16,17). The second kappa shape index (κ2) is 5.74. The van der Waals surface area contributed by atoms with E-state index in [2.05, 4.69) is 5.32 Å². The molecule has 0 aromatic heterocycles. The Morgan fingerprint density at radius 3 is 2.94 bits per heavy atom. The maximum atomic E-state index is 11.3. The second-order valence-corrected chi connectivity index (χ2v) is 4.29. The molecular weight excluding hydrogens is 250 g/mol. The van der Waals surface area contributed by atoms with Gasteiger partial charge in [0.1, 0.15) is 0 Å². The third kappa shape index (κ3) is 2.93. The molecule has 0 fully saturated rings. The molecule has 1 amide bonds. The first-order valence-corrected chi connectivity index (χ1v) is 6.16. The Hall–Kier alpha value is -1.74. The summed E-state index contributed by atoms with van der Waals surface area (Å²) in [6.07, 6.45) is -0.406. The van der Waals surface area contributed by atoms with Crippen LogP contribution in [-0.4, -0.2) is 12.7 Å². The molecule has 0 radical (unpaired) electrons. The van der Waals surface area contributed by atoms with Crippen molar-refractivity contribution < 1.29 is 9.53 Å². The van der Waals surface area contributed by atoms with Gasteiger partial charge in [0.2, 0.25) is 0 Å². The van der Waals surface area contributed by atoms with E-state index in [1.807, 2.05) is 36.4 Å². The maximum Gasteiger partial charge on any atom is 0.407 e. The van der Waals surface area contributed by atoms with Gasteiger partial charge in [0.15, 0.2) is 0 Å². The molecule has 4 heteroatoms. The quantitative estimate of drug-likeness (QED) is 0.916. The lowest BCUT2D eigenvalue weighted by Crippen LogP contribution is -2.23. The van der Waals surface area contributed by atoms with E-state index in [-0.39, 0.29) is 0 Å². The van der Waals surface area contributed by atoms with Crippen LogP contribution in [0.1, 0.15) is 12.5 Å². The highest BCUT2D eigenvalue weighted by Crippen LogP contribution is 2.22. The summed E-state index contributed by atoms with van der Waals surface area (Å²) in [7, 11) is 0. The number of rotatable bonds is 3. The third-order valence-corrected chi connectivity index (χ3v) is 2.87. The highest BCUT2D eigenvalue weighted by atomic mass is 35.5. The van der Waals surface area contributed by atoms with Crippen molar-refractivity contribution >= 4 is 28.5 Å². The van der Waals surface area contributed by atoms with Gasteiger partial charge >= 0.3 is 6.09 Å². The van der Waals surface area contributed by atoms with Crippen LogP contribution in [0.4, 0.5) is 4.79 Å². The normalized spacial score (nSPS) is 10.3. The molecule has 0 atom stereocenters. The molecular formula is C14H14ClNO2. The lowest BCUT2D eigenvalue weighted by molar-refractivity contribution is 0.151. The van der Waals surface area contributed by atoms with Crippen LogP contribution in [0.25, 0.3) is 10.8 Å². The zero-order chi connectivity index (χ0) is 13.0. The van der Waals surface area contributed by atoms with Gasteiger partial charge in [-0.15, -0.1) is 0 Å². The number of alkyl carbamates (subject to hydrolysis) is 1. The van der Waals surface area contributed by atoms with Gasteiger partial charge in [-0.25, -0.2) is 4.79 Å². The predicted molar refractivity (Wildman–Crippen MR) is 72.8 cm³/mol. The van der Waals surface area contributed by atoms with Gasteiger partial charge in [-0.3, -0.25) is 0 Å². The molecule has 0 unspecified atom stereocenters. The van der Waals surface area contributed by atoms with Gasteiger partial charge in [-0.1, -0.05) is 35.9 Å². The van der Waals surface area contributed by atoms with E-state index in [0.29, 0.717) is 18.2 Å². The van der Waals surface area contributed by atoms with Gasteiger partial charge in [-0.2, -0.15) is 0 Å². The molecule has 0 aliphatic heterocycles. The maximum absolute atomic E-state index is 11.3. The molecule has 94 valence electrons. The fraction of sp³-hybridized carbons (Fsp3) is 0.214. The summed E-state index contributed by atoms with van der Waals surface area (Å²) < 4.78 is 4.82. The minimum atomic E-state index is -0.406. The number of ether oxygens (including phenoxy) is 1. The van der Waals surface area contributed by atoms with Gasteiger partial charge < -0.3 is 10.1 Å². The Kier molecular flexibility index (Phi) is 4.05. The number of hydrogen-bond donors (Lipinski definition) is 1. The third-order valence-electron chi connectivity index (χ3n) is 2.63. The molecule has 2 aromatic carbocycles. The first-order valence-electron chi connectivity index (χ1n) is 5.78. The van der Waals surface area contributed by atoms with Crippen molar-refractivity contribution in [2.24, 2.45) is 0 Å². The fourth-order valence-corrected chi connectivity index (χ4v) is 1.99. The Labute approximate surface area is 111 Å². The average molecular weight is 264 g/mol. The molecule has 0 saturated carbocycles. The lowest BCUT2D eigenvalue weighted by Gasteiger charge is -2.08. The summed E-state index contributed by atoms with van der Waals surface area (Å²) in [6.45, 7) is 2.57. The topological polar surface area (TPSA) is 38.3 Å². The summed E-state index contributed by atoms with van der Waals surface area (Å²) in [4.78, 5) is 11.3. The van der Waals surface area contributed by atoms with E-state index in [1.165, 1.54) is 0 Å². The summed E-state index contributed by atoms with van der Waals surface area (Å²) in [6, 6.07) is 11.7. The Balaban J connectivity index is 2.22. The van der Waals surface area contributed by atoms with Gasteiger partial charge in [0.25, 0.3) is 0 Å². The van der Waals surface area contributed by atoms with Crippen molar-refractivity contribution in [2.45, 2.75) is 13.5 Å². The molecule has 0 spiro atoms. The Morgan fingerprint density at radius 1 is 1.33 bits per heavy atom. The van der Waals surface area contributed by atoms with Crippen molar-refractivity contribution in [3.05, 3.63) is 47.0 Å². The van der Waals surface area contributed by atoms with Crippen LogP contribution < -0.4 is 5.32 Å². The Morgan fingerprint density at radius 2 is 2.17 bits per heavy atom. The number of nitrogens with one attached hydrogen (secondary N) is 1. The highest BCUT2D eigenvalue weighted by Gasteiger charge is 2.04. The van der Waals surface area contributed by atoms with Crippen LogP contribution in [0.5, 0.6) is 0 Å². The van der Waals surface area contributed by atoms with Crippen LogP contribution in [0.3, 0.4) is 0 Å². The van der Waals surface area contributed by atoms with Gasteiger partial charge in [0.05, 0.1) is 6.61 Å². The van der Waals surface area contributed by atoms with Crippen molar-refractivity contribution in [1.29, 1.82) is 0 Å². The molecule has 0 heterocycles. The average Bonchev–Trinajstić information content (AvgIpc) is 2.36. The lowest BCUT2D eigenvalue weighted by atomic mass is 10.0. The molecule has 2 rings (SSSR count). The van der Waals surface area contributed by atoms with Crippen molar-refractivity contribution in [3.63, 3.8) is 0 Å². The van der Waals surface area contributed by atoms with E-state index in [1.54, 1.807) is 6.92 Å². The number of fused-ring (bicyclic) bond motifs is 1. The fourth-order valence-electron chi connectivity index (χ4n) is 1.81. The van der Waals surface area contributed by atoms with E-state index in [4.69, 9.17) is 16.3 Å². The molecule has 18 heavy (non-hydrogen) atoms. The molecule has 2 aromatic rings. The monoisotopic (exact) mass is 263 g/mol. The van der Waals surface area contributed by atoms with Crippen LogP contribution in [0.2, 0.25) is 5.02 Å². The van der Waals surface area contributed by atoms with E-state index < -0.39 is 6.09 Å². The van der Waals surface area contributed by atoms with Crippen molar-refractivity contribution in [1.82, 2.24) is 5.32 Å². The van der Waals surface area contributed by atoms with Gasteiger partial charge in [-0.05, 0) is 35.4 Å². The minimum absolute atomic E-state index is 0.368. The number of halogens is 1. The van der Waals surface area contributed by atoms with Crippen LogP contribution in [0.15, 0.2) is 36.4 Å². The smallest absolute Gasteiger partial charge is 0.407 e. The van der Waals surface area contributed by atoms with Gasteiger partial charge in [0, 0.05) is 11.6 Å². The largest absolute Gasteiger partial charge is 0.450 e. The number of amides is 1. The molecule has 0 bridgehead atoms. The van der Waals surface area contributed by atoms with E-state index in [0.717, 1.165) is 16.3 Å². The molecule has 0 saturated heterocycles. The zero-order valence-corrected chi connectivity index (χ0v) is 10.8. The van der Waals surface area contributed by atoms with Crippen molar-refractivity contribution in [2.75, 3.05) is 6.61 Å². The minimum Gasteiger partial charge on any atom is -0.450 e. The molecule has 1 N–H and O–H groups in total. The van der Waals surface area contributed by atoms with Crippen LogP contribution in [0, 0.1) is 0 Å². The summed E-state index contributed by atoms with van der Waals surface area (Å²) in [5.41, 5.74) is 1.02. The molecule has 3 nitrogen and oxygen atoms in total. The van der Waals surface area contributed by atoms with E-state index in [9.17, 15) is 4.79 Å². The first kappa shape index (κ1) is 12.7. The SMILES string of the molecule is CCOC(=O)NCc1cccc2ccc(Cl)cc12. The summed E-state index contributed by atoms with van der Waals surface area (Å²) in [5.74, 6) is 0.